The summed E-state index contributed by atoms with van der Waals surface area (Å²) in [7, 11) is -4.76. The van der Waals surface area contributed by atoms with Gasteiger partial charge in [0.05, 0.1) is 12.5 Å². The summed E-state index contributed by atoms with van der Waals surface area (Å²) in [5.74, 6) is -1.33. The Hall–Kier alpha value is -2.70. The molecular formula is C26H39ClN3O10P. The molecule has 41 heavy (non-hydrogen) atoms. The smallest absolute Gasteiger partial charge is 0.431 e. The molecule has 13 nitrogen and oxygen atoms in total. The van der Waals surface area contributed by atoms with Crippen LogP contribution in [0.4, 0.5) is 9.59 Å². The van der Waals surface area contributed by atoms with Gasteiger partial charge in [0.25, 0.3) is 0 Å². The number of likely N-dealkylation sites (tertiary alicyclic amines) is 1. The van der Waals surface area contributed by atoms with E-state index in [4.69, 9.17) is 30.9 Å². The highest BCUT2D eigenvalue weighted by atomic mass is 35.5. The van der Waals surface area contributed by atoms with E-state index in [2.05, 4.69) is 15.2 Å². The third-order valence-electron chi connectivity index (χ3n) is 6.29. The van der Waals surface area contributed by atoms with E-state index in [0.29, 0.717) is 5.02 Å². The van der Waals surface area contributed by atoms with E-state index in [1.165, 1.54) is 25.7 Å². The minimum absolute atomic E-state index is 0.118. The summed E-state index contributed by atoms with van der Waals surface area (Å²) in [6.45, 7) is 11.0. The Kier molecular flexibility index (Phi) is 11.4. The van der Waals surface area contributed by atoms with Crippen LogP contribution < -0.4 is 10.6 Å². The van der Waals surface area contributed by atoms with Gasteiger partial charge >= 0.3 is 20.0 Å². The van der Waals surface area contributed by atoms with Crippen molar-refractivity contribution in [2.24, 2.45) is 11.3 Å². The minimum atomic E-state index is -4.76. The molecule has 4 N–H and O–H groups in total. The van der Waals surface area contributed by atoms with Crippen LogP contribution in [0.5, 0.6) is 0 Å². The number of nitrogens with one attached hydrogen (secondary N) is 2. The lowest BCUT2D eigenvalue weighted by atomic mass is 9.69. The molecule has 15 heteroatoms. The quantitative estimate of drug-likeness (QED) is 0.172. The lowest BCUT2D eigenvalue weighted by Crippen LogP contribution is -2.60. The standard InChI is InChI=1S/C26H39ClN3O10P/c1-15(2)21(28-23(33)29-26(6,7)39-24(34)38-13-16(3)40-41(35,36)37)22(32)30-12-19(31)20(25(4,5)14-30)17-8-10-18(27)11-9-17/h8-11,15-16,20-21H,12-14H2,1-7H3,(H2,28,29,33)(H2,35,36,37). The van der Waals surface area contributed by atoms with Gasteiger partial charge in [-0.3, -0.25) is 14.1 Å². The van der Waals surface area contributed by atoms with Crippen LogP contribution in [0.25, 0.3) is 0 Å². The summed E-state index contributed by atoms with van der Waals surface area (Å²) in [6, 6.07) is 5.27. The Morgan fingerprint density at radius 1 is 1.17 bits per heavy atom. The number of carbonyl (C=O) groups excluding carboxylic acids is 4. The molecule has 0 radical (unpaired) electrons. The van der Waals surface area contributed by atoms with Crippen molar-refractivity contribution in [1.82, 2.24) is 15.5 Å². The topological polar surface area (TPSA) is 181 Å². The summed E-state index contributed by atoms with van der Waals surface area (Å²) in [4.78, 5) is 70.6. The Balaban J connectivity index is 2.01. The number of halogens is 1. The molecule has 2 rings (SSSR count). The highest BCUT2D eigenvalue weighted by Gasteiger charge is 2.45. The second-order valence-corrected chi connectivity index (χ2v) is 13.2. The van der Waals surface area contributed by atoms with E-state index in [9.17, 15) is 23.7 Å². The first-order valence-electron chi connectivity index (χ1n) is 13.0. The number of ether oxygens (including phenoxy) is 2. The highest BCUT2D eigenvalue weighted by molar-refractivity contribution is 7.46. The third kappa shape index (κ3) is 10.6. The van der Waals surface area contributed by atoms with Gasteiger partial charge in [0, 0.05) is 11.6 Å². The highest BCUT2D eigenvalue weighted by Crippen LogP contribution is 2.41. The van der Waals surface area contributed by atoms with E-state index < -0.39 is 61.7 Å². The molecule has 0 spiro atoms. The van der Waals surface area contributed by atoms with Crippen LogP contribution in [0.3, 0.4) is 0 Å². The first kappa shape index (κ1) is 34.5. The number of amides is 3. The molecule has 1 aliphatic heterocycles. The summed E-state index contributed by atoms with van der Waals surface area (Å²) in [5.41, 5.74) is -1.36. The van der Waals surface area contributed by atoms with Crippen molar-refractivity contribution in [1.29, 1.82) is 0 Å². The Morgan fingerprint density at radius 2 is 1.76 bits per heavy atom. The van der Waals surface area contributed by atoms with Crippen molar-refractivity contribution >= 4 is 43.3 Å². The fraction of sp³-hybridized carbons (Fsp3) is 0.615. The zero-order chi connectivity index (χ0) is 31.3. The number of piperidine rings is 1. The van der Waals surface area contributed by atoms with Crippen molar-refractivity contribution in [3.8, 4) is 0 Å². The van der Waals surface area contributed by atoms with Crippen molar-refractivity contribution in [2.75, 3.05) is 19.7 Å². The maximum absolute atomic E-state index is 13.5. The van der Waals surface area contributed by atoms with Gasteiger partial charge in [-0.1, -0.05) is 51.4 Å². The molecule has 0 aromatic heterocycles. The fourth-order valence-electron chi connectivity index (χ4n) is 4.68. The van der Waals surface area contributed by atoms with E-state index in [1.807, 2.05) is 26.0 Å². The summed E-state index contributed by atoms with van der Waals surface area (Å²) in [6.07, 6.45) is -2.34. The van der Waals surface area contributed by atoms with Gasteiger partial charge in [-0.2, -0.15) is 0 Å². The monoisotopic (exact) mass is 619 g/mol. The van der Waals surface area contributed by atoms with Gasteiger partial charge in [0.2, 0.25) is 5.91 Å². The largest absolute Gasteiger partial charge is 0.510 e. The number of benzene rings is 1. The van der Waals surface area contributed by atoms with Gasteiger partial charge in [-0.15, -0.1) is 0 Å². The summed E-state index contributed by atoms with van der Waals surface area (Å²) in [5, 5.41) is 5.60. The number of Topliss-reactive ketones (excluding diaryl/α,β-unsaturated/α-hetero) is 1. The molecule has 0 bridgehead atoms. The first-order valence-corrected chi connectivity index (χ1v) is 14.9. The van der Waals surface area contributed by atoms with E-state index in [1.54, 1.807) is 26.0 Å². The van der Waals surface area contributed by atoms with Gasteiger partial charge in [-0.05, 0) is 49.8 Å². The van der Waals surface area contributed by atoms with Crippen molar-refractivity contribution in [2.45, 2.75) is 72.3 Å². The Labute approximate surface area is 244 Å². The molecule has 0 saturated carbocycles. The molecule has 230 valence electrons. The number of ketones is 1. The maximum atomic E-state index is 13.5. The number of rotatable bonds is 10. The van der Waals surface area contributed by atoms with Gasteiger partial charge in [-0.25, -0.2) is 14.2 Å². The molecule has 1 saturated heterocycles. The van der Waals surface area contributed by atoms with E-state index in [-0.39, 0.29) is 24.8 Å². The molecule has 3 atom stereocenters. The molecule has 1 aromatic carbocycles. The molecule has 3 amide bonds. The Morgan fingerprint density at radius 3 is 2.27 bits per heavy atom. The second-order valence-electron chi connectivity index (χ2n) is 11.5. The molecule has 1 heterocycles. The van der Waals surface area contributed by atoms with Crippen LogP contribution >= 0.6 is 19.4 Å². The van der Waals surface area contributed by atoms with Crippen molar-refractivity contribution in [3.63, 3.8) is 0 Å². The van der Waals surface area contributed by atoms with Gasteiger partial charge < -0.3 is 34.8 Å². The van der Waals surface area contributed by atoms with Crippen molar-refractivity contribution in [3.05, 3.63) is 34.9 Å². The molecule has 1 aromatic rings. The Bertz CT molecular complexity index is 1170. The number of hydrogen-bond donors (Lipinski definition) is 4. The van der Waals surface area contributed by atoms with E-state index >= 15 is 0 Å². The maximum Gasteiger partial charge on any atom is 0.510 e. The summed E-state index contributed by atoms with van der Waals surface area (Å²) >= 11 is 6.00. The van der Waals surface area contributed by atoms with Crippen LogP contribution in [0.2, 0.25) is 5.02 Å². The number of hydrogen-bond acceptors (Lipinski definition) is 8. The van der Waals surface area contributed by atoms with E-state index in [0.717, 1.165) is 5.56 Å². The normalized spacial score (nSPS) is 18.9. The zero-order valence-corrected chi connectivity index (χ0v) is 25.8. The predicted octanol–water partition coefficient (Wildman–Crippen LogP) is 3.57. The van der Waals surface area contributed by atoms with Crippen LogP contribution in [0.15, 0.2) is 24.3 Å². The predicted molar refractivity (Wildman–Crippen MR) is 149 cm³/mol. The minimum Gasteiger partial charge on any atom is -0.431 e. The fourth-order valence-corrected chi connectivity index (χ4v) is 5.33. The molecule has 1 fully saturated rings. The number of carbonyl (C=O) groups is 4. The SMILES string of the molecule is CC(COC(=O)OC(C)(C)NC(=O)NC(C(=O)N1CC(=O)C(c2ccc(Cl)cc2)C(C)(C)C1)C(C)C)OP(=O)(O)O. The van der Waals surface area contributed by atoms with Gasteiger partial charge in [0.1, 0.15) is 18.8 Å². The number of urea groups is 1. The van der Waals surface area contributed by atoms with Crippen LogP contribution in [0.1, 0.15) is 59.9 Å². The number of nitrogens with zero attached hydrogens (tertiary/aromatic N) is 1. The molecular weight excluding hydrogens is 581 g/mol. The number of phosphoric ester groups is 1. The third-order valence-corrected chi connectivity index (χ3v) is 7.18. The zero-order valence-electron chi connectivity index (χ0n) is 24.2. The number of phosphoric acid groups is 1. The molecule has 1 aliphatic rings. The average Bonchev–Trinajstić information content (AvgIpc) is 2.79. The van der Waals surface area contributed by atoms with Gasteiger partial charge in [0.15, 0.2) is 11.5 Å². The van der Waals surface area contributed by atoms with Crippen molar-refractivity contribution < 1.29 is 47.5 Å². The lowest BCUT2D eigenvalue weighted by Gasteiger charge is -2.44. The molecule has 0 aliphatic carbocycles. The second kappa shape index (κ2) is 13.5. The molecule has 3 unspecified atom stereocenters. The summed E-state index contributed by atoms with van der Waals surface area (Å²) < 4.78 is 25.1. The first-order chi connectivity index (χ1) is 18.7. The lowest BCUT2D eigenvalue weighted by molar-refractivity contribution is -0.145. The van der Waals surface area contributed by atoms with Crippen LogP contribution in [-0.4, -0.2) is 76.1 Å². The van der Waals surface area contributed by atoms with Crippen LogP contribution in [0, 0.1) is 11.3 Å². The average molecular weight is 620 g/mol. The van der Waals surface area contributed by atoms with Crippen LogP contribution in [-0.2, 0) is 28.2 Å².